The fraction of sp³-hybridized carbons (Fsp3) is 0.182. The van der Waals surface area contributed by atoms with Crippen LogP contribution in [0.5, 0.6) is 0 Å². The van der Waals surface area contributed by atoms with Crippen molar-refractivity contribution in [2.24, 2.45) is 0 Å². The minimum atomic E-state index is -0.0457. The molecule has 1 amide bonds. The molecule has 80 valence electrons. The van der Waals surface area contributed by atoms with Crippen molar-refractivity contribution in [1.82, 2.24) is 4.90 Å². The number of likely N-dealkylation sites (N-methyl/N-ethyl adjacent to an activating group) is 1. The second-order valence-electron chi connectivity index (χ2n) is 3.21. The molecule has 0 fully saturated rings. The number of rotatable bonds is 3. The fourth-order valence-corrected chi connectivity index (χ4v) is 1.54. The van der Waals surface area contributed by atoms with Crippen LogP contribution in [0, 0.1) is 0 Å². The molecule has 0 aliphatic rings. The van der Waals surface area contributed by atoms with Gasteiger partial charge in [-0.2, -0.15) is 0 Å². The number of carbonyl (C=O) groups is 1. The summed E-state index contributed by atoms with van der Waals surface area (Å²) in [5, 5.41) is 0. The lowest BCUT2D eigenvalue weighted by atomic mass is 10.2. The van der Waals surface area contributed by atoms with Gasteiger partial charge in [0.2, 0.25) is 0 Å². The molecule has 0 bridgehead atoms. The van der Waals surface area contributed by atoms with Crippen LogP contribution in [0.25, 0.3) is 0 Å². The van der Waals surface area contributed by atoms with Gasteiger partial charge in [0.25, 0.3) is 5.91 Å². The van der Waals surface area contributed by atoms with E-state index in [4.69, 9.17) is 5.73 Å². The standard InChI is InChI=1S/C11H13BrN2O/c1-3-6-14(2)11(15)8-4-5-10(13)9(12)7-8/h3-5,7H,1,6,13H2,2H3. The number of nitrogen functional groups attached to an aromatic ring is 1. The summed E-state index contributed by atoms with van der Waals surface area (Å²) in [6.45, 7) is 4.11. The Kier molecular flexibility index (Phi) is 3.91. The largest absolute Gasteiger partial charge is 0.398 e. The van der Waals surface area contributed by atoms with Gasteiger partial charge in [-0.15, -0.1) is 6.58 Å². The highest BCUT2D eigenvalue weighted by molar-refractivity contribution is 9.10. The van der Waals surface area contributed by atoms with Crippen LogP contribution in [0.4, 0.5) is 5.69 Å². The van der Waals surface area contributed by atoms with E-state index < -0.39 is 0 Å². The fourth-order valence-electron chi connectivity index (χ4n) is 1.16. The van der Waals surface area contributed by atoms with Crippen molar-refractivity contribution >= 4 is 27.5 Å². The summed E-state index contributed by atoms with van der Waals surface area (Å²) in [5.74, 6) is -0.0457. The van der Waals surface area contributed by atoms with E-state index in [2.05, 4.69) is 22.5 Å². The minimum absolute atomic E-state index is 0.0457. The van der Waals surface area contributed by atoms with Crippen LogP contribution in [0.15, 0.2) is 35.3 Å². The van der Waals surface area contributed by atoms with Crippen molar-refractivity contribution in [2.75, 3.05) is 19.3 Å². The number of benzene rings is 1. The van der Waals surface area contributed by atoms with Crippen LogP contribution in [-0.4, -0.2) is 24.4 Å². The SMILES string of the molecule is C=CCN(C)C(=O)c1ccc(N)c(Br)c1. The van der Waals surface area contributed by atoms with E-state index in [-0.39, 0.29) is 5.91 Å². The molecule has 0 radical (unpaired) electrons. The Labute approximate surface area is 97.7 Å². The lowest BCUT2D eigenvalue weighted by molar-refractivity contribution is 0.0810. The van der Waals surface area contributed by atoms with Gasteiger partial charge in [0, 0.05) is 29.3 Å². The molecule has 0 aliphatic heterocycles. The van der Waals surface area contributed by atoms with E-state index in [0.29, 0.717) is 17.8 Å². The van der Waals surface area contributed by atoms with Crippen molar-refractivity contribution in [3.8, 4) is 0 Å². The van der Waals surface area contributed by atoms with Crippen molar-refractivity contribution in [2.45, 2.75) is 0 Å². The first-order valence-corrected chi connectivity index (χ1v) is 5.27. The molecule has 4 heteroatoms. The number of nitrogens with two attached hydrogens (primary N) is 1. The minimum Gasteiger partial charge on any atom is -0.398 e. The number of hydrogen-bond donors (Lipinski definition) is 1. The Balaban J connectivity index is 2.91. The molecule has 0 saturated carbocycles. The number of carbonyl (C=O) groups excluding carboxylic acids is 1. The molecule has 0 heterocycles. The predicted octanol–water partition coefficient (Wildman–Crippen LogP) is 2.29. The number of nitrogens with zero attached hydrogens (tertiary/aromatic N) is 1. The summed E-state index contributed by atoms with van der Waals surface area (Å²) in [6, 6.07) is 5.14. The molecule has 0 saturated heterocycles. The smallest absolute Gasteiger partial charge is 0.253 e. The summed E-state index contributed by atoms with van der Waals surface area (Å²) in [4.78, 5) is 13.4. The zero-order valence-electron chi connectivity index (χ0n) is 8.53. The molecule has 0 atom stereocenters. The van der Waals surface area contributed by atoms with Crippen LogP contribution in [0.1, 0.15) is 10.4 Å². The topological polar surface area (TPSA) is 46.3 Å². The van der Waals surface area contributed by atoms with Crippen LogP contribution in [0.3, 0.4) is 0 Å². The second kappa shape index (κ2) is 4.98. The third-order valence-corrected chi connectivity index (χ3v) is 2.68. The number of anilines is 1. The highest BCUT2D eigenvalue weighted by atomic mass is 79.9. The number of hydrogen-bond acceptors (Lipinski definition) is 2. The average molecular weight is 269 g/mol. The Morgan fingerprint density at radius 3 is 2.87 bits per heavy atom. The Hall–Kier alpha value is -1.29. The van der Waals surface area contributed by atoms with E-state index in [1.165, 1.54) is 0 Å². The highest BCUT2D eigenvalue weighted by Gasteiger charge is 2.11. The van der Waals surface area contributed by atoms with Gasteiger partial charge in [0.05, 0.1) is 0 Å². The van der Waals surface area contributed by atoms with Gasteiger partial charge >= 0.3 is 0 Å². The molecule has 15 heavy (non-hydrogen) atoms. The summed E-state index contributed by atoms with van der Waals surface area (Å²) in [6.07, 6.45) is 1.68. The third-order valence-electron chi connectivity index (χ3n) is 2.00. The number of amides is 1. The quantitative estimate of drug-likeness (QED) is 0.676. The van der Waals surface area contributed by atoms with Crippen molar-refractivity contribution < 1.29 is 4.79 Å². The van der Waals surface area contributed by atoms with Crippen LogP contribution in [0.2, 0.25) is 0 Å². The summed E-state index contributed by atoms with van der Waals surface area (Å²) in [5.41, 5.74) is 6.87. The Morgan fingerprint density at radius 1 is 1.67 bits per heavy atom. The maximum absolute atomic E-state index is 11.8. The molecular formula is C11H13BrN2O. The summed E-state index contributed by atoms with van der Waals surface area (Å²) in [7, 11) is 1.73. The molecule has 3 nitrogen and oxygen atoms in total. The summed E-state index contributed by atoms with van der Waals surface area (Å²) < 4.78 is 0.736. The monoisotopic (exact) mass is 268 g/mol. The van der Waals surface area contributed by atoms with E-state index >= 15 is 0 Å². The second-order valence-corrected chi connectivity index (χ2v) is 4.06. The van der Waals surface area contributed by atoms with E-state index in [0.717, 1.165) is 4.47 Å². The average Bonchev–Trinajstić information content (AvgIpc) is 2.21. The van der Waals surface area contributed by atoms with Crippen molar-refractivity contribution in [3.05, 3.63) is 40.9 Å². The Morgan fingerprint density at radius 2 is 2.33 bits per heavy atom. The molecule has 0 spiro atoms. The van der Waals surface area contributed by atoms with E-state index in [1.807, 2.05) is 0 Å². The molecule has 0 unspecified atom stereocenters. The van der Waals surface area contributed by atoms with Gasteiger partial charge in [-0.1, -0.05) is 6.08 Å². The zero-order chi connectivity index (χ0) is 11.4. The van der Waals surface area contributed by atoms with E-state index in [1.54, 1.807) is 36.2 Å². The lowest BCUT2D eigenvalue weighted by Gasteiger charge is -2.15. The molecule has 1 aromatic rings. The Bertz CT molecular complexity index is 390. The first-order valence-electron chi connectivity index (χ1n) is 4.47. The third kappa shape index (κ3) is 2.83. The van der Waals surface area contributed by atoms with Gasteiger partial charge in [-0.25, -0.2) is 0 Å². The van der Waals surface area contributed by atoms with Crippen LogP contribution < -0.4 is 5.73 Å². The first kappa shape index (κ1) is 11.8. The normalized spacial score (nSPS) is 9.73. The lowest BCUT2D eigenvalue weighted by Crippen LogP contribution is -2.26. The molecule has 1 rings (SSSR count). The first-order chi connectivity index (χ1) is 7.06. The maximum Gasteiger partial charge on any atom is 0.253 e. The van der Waals surface area contributed by atoms with E-state index in [9.17, 15) is 4.79 Å². The van der Waals surface area contributed by atoms with Crippen LogP contribution >= 0.6 is 15.9 Å². The summed E-state index contributed by atoms with van der Waals surface area (Å²) >= 11 is 3.29. The molecule has 0 aromatic heterocycles. The van der Waals surface area contributed by atoms with Crippen molar-refractivity contribution in [1.29, 1.82) is 0 Å². The molecule has 1 aromatic carbocycles. The predicted molar refractivity (Wildman–Crippen MR) is 65.7 cm³/mol. The van der Waals surface area contributed by atoms with Gasteiger partial charge < -0.3 is 10.6 Å². The highest BCUT2D eigenvalue weighted by Crippen LogP contribution is 2.20. The molecule has 0 aliphatic carbocycles. The molecular weight excluding hydrogens is 256 g/mol. The zero-order valence-corrected chi connectivity index (χ0v) is 10.1. The van der Waals surface area contributed by atoms with Gasteiger partial charge in [0.15, 0.2) is 0 Å². The maximum atomic E-state index is 11.8. The molecule has 2 N–H and O–H groups in total. The number of halogens is 1. The van der Waals surface area contributed by atoms with Gasteiger partial charge in [-0.05, 0) is 34.1 Å². The van der Waals surface area contributed by atoms with Crippen molar-refractivity contribution in [3.63, 3.8) is 0 Å². The van der Waals surface area contributed by atoms with Gasteiger partial charge in [0.1, 0.15) is 0 Å². The van der Waals surface area contributed by atoms with Crippen LogP contribution in [-0.2, 0) is 0 Å². The van der Waals surface area contributed by atoms with Gasteiger partial charge in [-0.3, -0.25) is 4.79 Å².